The maximum absolute atomic E-state index is 14.4. The number of hydrogen-bond acceptors (Lipinski definition) is 8. The van der Waals surface area contributed by atoms with E-state index >= 15 is 0 Å². The van der Waals surface area contributed by atoms with Crippen LogP contribution in [0.5, 0.6) is 5.75 Å². The minimum absolute atomic E-state index is 0.0165. The molecule has 1 fully saturated rings. The molecule has 0 bridgehead atoms. The predicted octanol–water partition coefficient (Wildman–Crippen LogP) is 3.02. The number of halogens is 2. The van der Waals surface area contributed by atoms with Crippen LogP contribution >= 0.6 is 11.6 Å². The third-order valence-electron chi connectivity index (χ3n) is 5.63. The maximum Gasteiger partial charge on any atom is 0.408 e. The van der Waals surface area contributed by atoms with Crippen LogP contribution in [0.3, 0.4) is 0 Å². The van der Waals surface area contributed by atoms with Crippen LogP contribution in [0.25, 0.3) is 11.4 Å². The van der Waals surface area contributed by atoms with Gasteiger partial charge in [0.2, 0.25) is 0 Å². The molecule has 0 spiro atoms. The Labute approximate surface area is 214 Å². The number of benzene rings is 1. The molecule has 4 N–H and O–H groups in total. The Hall–Kier alpha value is -4.52. The van der Waals surface area contributed by atoms with Crippen molar-refractivity contribution in [3.63, 3.8) is 0 Å². The van der Waals surface area contributed by atoms with Gasteiger partial charge >= 0.3 is 12.1 Å². The number of nitrogens with zero attached hydrogens (tertiary/aromatic N) is 4. The zero-order valence-electron chi connectivity index (χ0n) is 19.2. The largest absolute Gasteiger partial charge is 0.491 e. The van der Waals surface area contributed by atoms with Crippen LogP contribution in [-0.4, -0.2) is 73.8 Å². The number of likely N-dealkylation sites (tertiary alicyclic amines) is 1. The molecular weight excluding hydrogens is 511 g/mol. The van der Waals surface area contributed by atoms with E-state index in [4.69, 9.17) is 16.3 Å². The number of hydrogen-bond donors (Lipinski definition) is 4. The lowest BCUT2D eigenvalue weighted by Crippen LogP contribution is -2.40. The van der Waals surface area contributed by atoms with Crippen molar-refractivity contribution in [2.45, 2.75) is 18.5 Å². The number of pyridine rings is 1. The smallest absolute Gasteiger partial charge is 0.408 e. The molecule has 2 atom stereocenters. The molecule has 1 aromatic carbocycles. The molecule has 0 radical (unpaired) electrons. The first-order chi connectivity index (χ1) is 17.7. The SMILES string of the molecule is COc1cnc(-c2cc(Cl)ccc2F)nc1Nc1ccncc1C(=O)NC1CC(C(=O)O)N(C(=O)O)C1. The molecule has 3 heterocycles. The van der Waals surface area contributed by atoms with Gasteiger partial charge in [-0.25, -0.2) is 23.9 Å². The number of rotatable bonds is 7. The molecule has 1 aliphatic heterocycles. The van der Waals surface area contributed by atoms with Gasteiger partial charge in [-0.1, -0.05) is 11.6 Å². The van der Waals surface area contributed by atoms with E-state index in [1.807, 2.05) is 0 Å². The van der Waals surface area contributed by atoms with Gasteiger partial charge in [0.25, 0.3) is 5.91 Å². The molecule has 0 saturated carbocycles. The lowest BCUT2D eigenvalue weighted by molar-refractivity contribution is -0.141. The number of aromatic nitrogens is 3. The molecule has 12 nitrogen and oxygen atoms in total. The van der Waals surface area contributed by atoms with Gasteiger partial charge in [0.1, 0.15) is 11.9 Å². The van der Waals surface area contributed by atoms with Gasteiger partial charge in [0.15, 0.2) is 17.4 Å². The number of amides is 2. The number of aliphatic carboxylic acids is 1. The van der Waals surface area contributed by atoms with Crippen molar-refractivity contribution in [1.29, 1.82) is 0 Å². The monoisotopic (exact) mass is 530 g/mol. The average molecular weight is 531 g/mol. The second-order valence-corrected chi connectivity index (χ2v) is 8.41. The van der Waals surface area contributed by atoms with Crippen LogP contribution in [0.15, 0.2) is 42.9 Å². The Bertz CT molecular complexity index is 1350. The van der Waals surface area contributed by atoms with Gasteiger partial charge < -0.3 is 25.6 Å². The Morgan fingerprint density at radius 3 is 2.68 bits per heavy atom. The second-order valence-electron chi connectivity index (χ2n) is 7.98. The molecule has 14 heteroatoms. The van der Waals surface area contributed by atoms with Crippen molar-refractivity contribution in [1.82, 2.24) is 25.2 Å². The summed E-state index contributed by atoms with van der Waals surface area (Å²) in [4.78, 5) is 49.0. The fraction of sp³-hybridized carbons (Fsp3) is 0.217. The van der Waals surface area contributed by atoms with Crippen LogP contribution < -0.4 is 15.4 Å². The fourth-order valence-electron chi connectivity index (χ4n) is 3.87. The topological polar surface area (TPSA) is 167 Å². The van der Waals surface area contributed by atoms with Crippen LogP contribution in [0.2, 0.25) is 5.02 Å². The summed E-state index contributed by atoms with van der Waals surface area (Å²) >= 11 is 5.99. The highest BCUT2D eigenvalue weighted by Gasteiger charge is 2.40. The average Bonchev–Trinajstić information content (AvgIpc) is 3.30. The lowest BCUT2D eigenvalue weighted by atomic mass is 10.1. The van der Waals surface area contributed by atoms with E-state index < -0.39 is 35.9 Å². The zero-order chi connectivity index (χ0) is 26.7. The number of methoxy groups -OCH3 is 1. The second kappa shape index (κ2) is 10.6. The Kier molecular flexibility index (Phi) is 7.34. The molecule has 1 saturated heterocycles. The van der Waals surface area contributed by atoms with Crippen LogP contribution in [-0.2, 0) is 4.79 Å². The van der Waals surface area contributed by atoms with Gasteiger partial charge in [0, 0.05) is 36.4 Å². The van der Waals surface area contributed by atoms with E-state index in [1.54, 1.807) is 0 Å². The first-order valence-corrected chi connectivity index (χ1v) is 11.2. The normalized spacial score (nSPS) is 16.8. The number of carboxylic acid groups (broad SMARTS) is 2. The summed E-state index contributed by atoms with van der Waals surface area (Å²) in [7, 11) is 1.39. The molecule has 3 aromatic rings. The Balaban J connectivity index is 1.60. The van der Waals surface area contributed by atoms with E-state index in [9.17, 15) is 29.0 Å². The Morgan fingerprint density at radius 1 is 1.22 bits per heavy atom. The van der Waals surface area contributed by atoms with Crippen LogP contribution in [0.4, 0.5) is 20.7 Å². The third-order valence-corrected chi connectivity index (χ3v) is 5.87. The first-order valence-electron chi connectivity index (χ1n) is 10.8. The highest BCUT2D eigenvalue weighted by atomic mass is 35.5. The molecular formula is C23H20ClFN6O6. The molecule has 37 heavy (non-hydrogen) atoms. The van der Waals surface area contributed by atoms with Gasteiger partial charge in [-0.15, -0.1) is 0 Å². The van der Waals surface area contributed by atoms with Gasteiger partial charge in [-0.3, -0.25) is 14.7 Å². The van der Waals surface area contributed by atoms with Crippen molar-refractivity contribution in [3.05, 3.63) is 59.3 Å². The summed E-state index contributed by atoms with van der Waals surface area (Å²) in [5, 5.41) is 24.5. The summed E-state index contributed by atoms with van der Waals surface area (Å²) in [5.74, 6) is -2.17. The number of anilines is 2. The number of nitrogens with one attached hydrogen (secondary N) is 2. The van der Waals surface area contributed by atoms with Crippen molar-refractivity contribution in [3.8, 4) is 17.1 Å². The van der Waals surface area contributed by atoms with Crippen molar-refractivity contribution >= 4 is 41.1 Å². The number of carbonyl (C=O) groups is 3. The Morgan fingerprint density at radius 2 is 2.00 bits per heavy atom. The van der Waals surface area contributed by atoms with E-state index in [0.717, 1.165) is 4.90 Å². The van der Waals surface area contributed by atoms with E-state index in [2.05, 4.69) is 25.6 Å². The van der Waals surface area contributed by atoms with E-state index in [1.165, 1.54) is 50.0 Å². The highest BCUT2D eigenvalue weighted by molar-refractivity contribution is 6.30. The lowest BCUT2D eigenvalue weighted by Gasteiger charge is -2.17. The van der Waals surface area contributed by atoms with Crippen LogP contribution in [0.1, 0.15) is 16.8 Å². The van der Waals surface area contributed by atoms with Crippen molar-refractivity contribution in [2.75, 3.05) is 19.0 Å². The summed E-state index contributed by atoms with van der Waals surface area (Å²) in [5.41, 5.74) is 0.382. The van der Waals surface area contributed by atoms with Crippen molar-refractivity contribution in [2.24, 2.45) is 0 Å². The molecule has 1 aliphatic rings. The number of ether oxygens (including phenoxy) is 1. The van der Waals surface area contributed by atoms with Gasteiger partial charge in [-0.2, -0.15) is 0 Å². The minimum Gasteiger partial charge on any atom is -0.491 e. The highest BCUT2D eigenvalue weighted by Crippen LogP contribution is 2.31. The quantitative estimate of drug-likeness (QED) is 0.356. The fourth-order valence-corrected chi connectivity index (χ4v) is 4.04. The molecule has 0 aliphatic carbocycles. The van der Waals surface area contributed by atoms with Crippen LogP contribution in [0, 0.1) is 5.82 Å². The molecule has 4 rings (SSSR count). The molecule has 2 amide bonds. The zero-order valence-corrected chi connectivity index (χ0v) is 19.9. The first kappa shape index (κ1) is 25.6. The summed E-state index contributed by atoms with van der Waals surface area (Å²) in [6.45, 7) is -0.185. The maximum atomic E-state index is 14.4. The molecule has 2 aromatic heterocycles. The van der Waals surface area contributed by atoms with Gasteiger partial charge in [-0.05, 0) is 24.3 Å². The summed E-state index contributed by atoms with van der Waals surface area (Å²) in [6.07, 6.45) is 2.55. The third kappa shape index (κ3) is 5.51. The van der Waals surface area contributed by atoms with Gasteiger partial charge in [0.05, 0.1) is 30.1 Å². The van der Waals surface area contributed by atoms with E-state index in [0.29, 0.717) is 0 Å². The van der Waals surface area contributed by atoms with E-state index in [-0.39, 0.29) is 52.2 Å². The van der Waals surface area contributed by atoms with Crippen molar-refractivity contribution < 1.29 is 33.7 Å². The number of carbonyl (C=O) groups excluding carboxylic acids is 1. The minimum atomic E-state index is -1.39. The summed E-state index contributed by atoms with van der Waals surface area (Å²) in [6, 6.07) is 3.44. The standard InChI is InChI=1S/C23H20ClFN6O6/c1-37-18-9-27-19(13-6-11(24)2-3-15(13)25)30-20(18)29-16-4-5-26-8-14(16)21(32)28-12-7-17(22(33)34)31(10-12)23(35)36/h2-6,8-9,12,17H,7,10H2,1H3,(H,28,32)(H,33,34)(H,35,36)(H,26,27,29,30). The number of carboxylic acids is 1. The summed E-state index contributed by atoms with van der Waals surface area (Å²) < 4.78 is 19.7. The molecule has 192 valence electrons. The predicted molar refractivity (Wildman–Crippen MR) is 129 cm³/mol. The molecule has 2 unspecified atom stereocenters.